The highest BCUT2D eigenvalue weighted by molar-refractivity contribution is 6.74. The second kappa shape index (κ2) is 2.58. The van der Waals surface area contributed by atoms with Gasteiger partial charge in [0.1, 0.15) is 0 Å². The van der Waals surface area contributed by atoms with Gasteiger partial charge in [0.25, 0.3) is 0 Å². The van der Waals surface area contributed by atoms with Crippen molar-refractivity contribution < 1.29 is 0 Å². The molecule has 0 bridgehead atoms. The summed E-state index contributed by atoms with van der Waals surface area (Å²) in [5, 5.41) is 2.88. The Bertz CT molecular complexity index is 263. The molecule has 0 aliphatic rings. The van der Waals surface area contributed by atoms with Crippen molar-refractivity contribution in [2.75, 3.05) is 0 Å². The molecule has 60 valence electrons. The largest absolute Gasteiger partial charge is 0.342 e. The molecule has 0 spiro atoms. The van der Waals surface area contributed by atoms with E-state index in [0.717, 1.165) is 0 Å². The smallest absolute Gasteiger partial charge is 0.188 e. The first-order valence-electron chi connectivity index (χ1n) is 3.42. The van der Waals surface area contributed by atoms with E-state index in [4.69, 9.17) is 0 Å². The first kappa shape index (κ1) is 8.13. The zero-order valence-corrected chi connectivity index (χ0v) is 7.90. The highest BCUT2D eigenvalue weighted by Crippen LogP contribution is 2.16. The Hall–Kier alpha value is -0.973. The van der Waals surface area contributed by atoms with Crippen molar-refractivity contribution in [1.29, 1.82) is 0 Å². The van der Waals surface area contributed by atoms with Gasteiger partial charge in [0.2, 0.25) is 0 Å². The summed E-state index contributed by atoms with van der Waals surface area (Å²) in [6, 6.07) is 0. The average Bonchev–Trinajstić information content (AvgIpc) is 2.31. The fourth-order valence-electron chi connectivity index (χ4n) is 0.872. The van der Waals surface area contributed by atoms with Crippen LogP contribution in [0.3, 0.4) is 0 Å². The van der Waals surface area contributed by atoms with Crippen LogP contribution < -0.4 is 0 Å². The van der Waals surface area contributed by atoms with Gasteiger partial charge in [-0.25, -0.2) is 4.98 Å². The second-order valence-electron chi connectivity index (χ2n) is 3.38. The van der Waals surface area contributed by atoms with E-state index in [1.165, 1.54) is 6.20 Å². The van der Waals surface area contributed by atoms with Crippen molar-refractivity contribution in [3.63, 3.8) is 0 Å². The number of hydrogen-bond acceptors (Lipinski definition) is 3. The summed E-state index contributed by atoms with van der Waals surface area (Å²) in [5.74, 6) is 0.434. The quantitative estimate of drug-likeness (QED) is 0.502. The molecule has 5 heteroatoms. The molecule has 0 unspecified atom stereocenters. The average molecular weight is 169 g/mol. The first-order valence-corrected chi connectivity index (χ1v) is 6.86. The third-order valence-electron chi connectivity index (χ3n) is 1.44. The Balaban J connectivity index is 3.12. The molecule has 0 aromatic carbocycles. The maximum atomic E-state index is 10.2. The molecule has 0 amide bonds. The summed E-state index contributed by atoms with van der Waals surface area (Å²) >= 11 is 0. The Kier molecular flexibility index (Phi) is 1.90. The minimum Gasteiger partial charge on any atom is -0.342 e. The number of rotatable bonds is 2. The molecule has 1 aromatic rings. The van der Waals surface area contributed by atoms with Gasteiger partial charge in [0.15, 0.2) is 14.1 Å². The summed E-state index contributed by atoms with van der Waals surface area (Å²) in [5.41, 5.74) is 0. The molecular formula is C6H11N3OSi. The van der Waals surface area contributed by atoms with E-state index < -0.39 is 8.24 Å². The summed E-state index contributed by atoms with van der Waals surface area (Å²) < 4.78 is 1.88. The molecule has 0 N–H and O–H groups in total. The van der Waals surface area contributed by atoms with E-state index in [1.54, 1.807) is 6.33 Å². The van der Waals surface area contributed by atoms with Crippen molar-refractivity contribution >= 4 is 14.1 Å². The lowest BCUT2D eigenvalue weighted by Gasteiger charge is -2.17. The molecule has 0 radical (unpaired) electrons. The van der Waals surface area contributed by atoms with Crippen molar-refractivity contribution in [2.24, 2.45) is 5.18 Å². The number of imidazole rings is 1. The van der Waals surface area contributed by atoms with Gasteiger partial charge in [-0.1, -0.05) is 19.6 Å². The van der Waals surface area contributed by atoms with E-state index in [1.807, 2.05) is 4.23 Å². The summed E-state index contributed by atoms with van der Waals surface area (Å²) in [6.45, 7) is 6.38. The Morgan fingerprint density at radius 3 is 2.55 bits per heavy atom. The Morgan fingerprint density at radius 2 is 2.18 bits per heavy atom. The molecule has 0 aliphatic heterocycles. The third-order valence-corrected chi connectivity index (χ3v) is 3.23. The minimum absolute atomic E-state index is 0.434. The van der Waals surface area contributed by atoms with Gasteiger partial charge in [-0.3, -0.25) is 0 Å². The van der Waals surface area contributed by atoms with Crippen LogP contribution >= 0.6 is 0 Å². The van der Waals surface area contributed by atoms with Gasteiger partial charge in [-0.15, -0.1) is 4.91 Å². The SMILES string of the molecule is C[Si](C)(C)n1cncc1N=O. The lowest BCUT2D eigenvalue weighted by molar-refractivity contribution is 1.11. The van der Waals surface area contributed by atoms with Crippen LogP contribution in [-0.2, 0) is 0 Å². The predicted octanol–water partition coefficient (Wildman–Crippen LogP) is 1.96. The van der Waals surface area contributed by atoms with Crippen LogP contribution in [0.15, 0.2) is 17.7 Å². The first-order chi connectivity index (χ1) is 5.05. The Labute approximate surface area is 66.3 Å². The predicted molar refractivity (Wildman–Crippen MR) is 46.4 cm³/mol. The maximum Gasteiger partial charge on any atom is 0.188 e. The number of aromatic nitrogens is 2. The number of hydrogen-bond donors (Lipinski definition) is 0. The van der Waals surface area contributed by atoms with Crippen LogP contribution in [0.1, 0.15) is 0 Å². The van der Waals surface area contributed by atoms with E-state index in [2.05, 4.69) is 29.8 Å². The summed E-state index contributed by atoms with van der Waals surface area (Å²) in [6.07, 6.45) is 3.16. The third kappa shape index (κ3) is 1.54. The molecule has 1 aromatic heterocycles. The van der Waals surface area contributed by atoms with E-state index in [0.29, 0.717) is 5.82 Å². The second-order valence-corrected chi connectivity index (χ2v) is 8.21. The molecule has 0 atom stereocenters. The highest BCUT2D eigenvalue weighted by Gasteiger charge is 2.19. The van der Waals surface area contributed by atoms with Crippen LogP contribution in [0.25, 0.3) is 0 Å². The van der Waals surface area contributed by atoms with Gasteiger partial charge in [-0.05, 0) is 5.18 Å². The highest BCUT2D eigenvalue weighted by atomic mass is 28.3. The zero-order chi connectivity index (χ0) is 8.48. The van der Waals surface area contributed by atoms with Gasteiger partial charge in [0, 0.05) is 0 Å². The number of nitroso groups, excluding NO2 is 1. The van der Waals surface area contributed by atoms with Gasteiger partial charge in [-0.2, -0.15) is 0 Å². The standard InChI is InChI=1S/C6H11N3OSi/c1-11(2,3)9-5-7-4-6(9)8-10/h4-5H,1-3H3. The lowest BCUT2D eigenvalue weighted by atomic mass is 10.8. The van der Waals surface area contributed by atoms with E-state index >= 15 is 0 Å². The van der Waals surface area contributed by atoms with Crippen molar-refractivity contribution in [3.05, 3.63) is 17.4 Å². The topological polar surface area (TPSA) is 47.2 Å². The van der Waals surface area contributed by atoms with Gasteiger partial charge < -0.3 is 4.23 Å². The van der Waals surface area contributed by atoms with Crippen molar-refractivity contribution in [1.82, 2.24) is 9.22 Å². The molecular weight excluding hydrogens is 158 g/mol. The van der Waals surface area contributed by atoms with Crippen LogP contribution in [0.4, 0.5) is 5.82 Å². The molecule has 4 nitrogen and oxygen atoms in total. The molecule has 11 heavy (non-hydrogen) atoms. The van der Waals surface area contributed by atoms with Crippen molar-refractivity contribution in [3.8, 4) is 0 Å². The van der Waals surface area contributed by atoms with Crippen molar-refractivity contribution in [2.45, 2.75) is 19.6 Å². The van der Waals surface area contributed by atoms with Gasteiger partial charge >= 0.3 is 0 Å². The zero-order valence-electron chi connectivity index (χ0n) is 6.90. The molecule has 0 saturated heterocycles. The van der Waals surface area contributed by atoms with Crippen LogP contribution in [0.2, 0.25) is 19.6 Å². The van der Waals surface area contributed by atoms with Crippen LogP contribution in [-0.4, -0.2) is 17.5 Å². The fraction of sp³-hybridized carbons (Fsp3) is 0.500. The van der Waals surface area contributed by atoms with Crippen LogP contribution in [0.5, 0.6) is 0 Å². The normalized spacial score (nSPS) is 11.5. The molecule has 0 saturated carbocycles. The van der Waals surface area contributed by atoms with E-state index in [-0.39, 0.29) is 0 Å². The molecule has 0 fully saturated rings. The Morgan fingerprint density at radius 1 is 1.55 bits per heavy atom. The van der Waals surface area contributed by atoms with Gasteiger partial charge in [0.05, 0.1) is 12.5 Å². The van der Waals surface area contributed by atoms with E-state index in [9.17, 15) is 4.91 Å². The summed E-state index contributed by atoms with van der Waals surface area (Å²) in [4.78, 5) is 14.1. The lowest BCUT2D eigenvalue weighted by Crippen LogP contribution is -2.30. The molecule has 1 heterocycles. The maximum absolute atomic E-state index is 10.2. The molecule has 0 aliphatic carbocycles. The fourth-order valence-corrected chi connectivity index (χ4v) is 2.07. The monoisotopic (exact) mass is 169 g/mol. The molecule has 1 rings (SSSR count). The van der Waals surface area contributed by atoms with Crippen LogP contribution in [0, 0.1) is 4.91 Å². The number of nitrogens with zero attached hydrogens (tertiary/aromatic N) is 3. The minimum atomic E-state index is -1.49. The summed E-state index contributed by atoms with van der Waals surface area (Å²) in [7, 11) is -1.49.